The monoisotopic (exact) mass is 611 g/mol. The summed E-state index contributed by atoms with van der Waals surface area (Å²) >= 11 is 0. The lowest BCUT2D eigenvalue weighted by molar-refractivity contribution is -0.125. The van der Waals surface area contributed by atoms with Crippen LogP contribution in [0.4, 0.5) is 0 Å². The zero-order valence-corrected chi connectivity index (χ0v) is 26.8. The van der Waals surface area contributed by atoms with Crippen molar-refractivity contribution in [3.05, 3.63) is 47.0 Å². The maximum Gasteiger partial charge on any atom is 0.189 e. The number of aliphatic imine (C=N–C) groups is 1. The lowest BCUT2D eigenvalue weighted by Crippen LogP contribution is -2.61. The van der Waals surface area contributed by atoms with Crippen LogP contribution in [-0.4, -0.2) is 58.8 Å². The first kappa shape index (κ1) is 30.5. The highest BCUT2D eigenvalue weighted by atomic mass is 33.1. The molecule has 2 spiro atoms. The number of nitrogens with one attached hydrogen (secondary N) is 1. The summed E-state index contributed by atoms with van der Waals surface area (Å²) in [6.07, 6.45) is 10.3. The van der Waals surface area contributed by atoms with E-state index >= 15 is 0 Å². The third kappa shape index (κ3) is 5.16. The molecule has 0 aromatic heterocycles. The van der Waals surface area contributed by atoms with Crippen molar-refractivity contribution in [2.24, 2.45) is 45.2 Å². The second kappa shape index (κ2) is 12.5. The molecule has 2 aliphatic heterocycles. The van der Waals surface area contributed by atoms with Gasteiger partial charge in [0.1, 0.15) is 0 Å². The van der Waals surface area contributed by atoms with E-state index in [9.17, 15) is 15.0 Å². The van der Waals surface area contributed by atoms with Gasteiger partial charge < -0.3 is 21.3 Å². The molecule has 0 saturated heterocycles. The summed E-state index contributed by atoms with van der Waals surface area (Å²) in [5, 5.41) is 23.8. The largest absolute Gasteiger partial charge is 0.396 e. The number of hydrogen-bond donors (Lipinski definition) is 4. The van der Waals surface area contributed by atoms with Gasteiger partial charge in [0.2, 0.25) is 0 Å². The molecule has 5 N–H and O–H groups in total. The fourth-order valence-electron chi connectivity index (χ4n) is 9.99. The smallest absolute Gasteiger partial charge is 0.189 e. The van der Waals surface area contributed by atoms with E-state index in [4.69, 9.17) is 5.73 Å². The van der Waals surface area contributed by atoms with Crippen LogP contribution in [0.25, 0.3) is 0 Å². The average Bonchev–Trinajstić information content (AvgIpc) is 3.32. The molecule has 2 saturated carbocycles. The number of unbranched alkanes of at least 4 members (excludes halogenated alkanes) is 1. The van der Waals surface area contributed by atoms with Crippen LogP contribution in [0.5, 0.6) is 0 Å². The van der Waals surface area contributed by atoms with Crippen molar-refractivity contribution in [2.45, 2.75) is 83.1 Å². The summed E-state index contributed by atoms with van der Waals surface area (Å²) < 4.78 is 0. The first-order chi connectivity index (χ1) is 20.4. The van der Waals surface area contributed by atoms with Crippen molar-refractivity contribution < 1.29 is 15.0 Å². The molecule has 5 aliphatic rings. The Hall–Kier alpha value is -1.48. The van der Waals surface area contributed by atoms with Gasteiger partial charge in [0.05, 0.1) is 5.54 Å². The quantitative estimate of drug-likeness (QED) is 0.237. The number of benzene rings is 1. The number of allylic oxidation sites excluding steroid dienone is 2. The minimum absolute atomic E-state index is 0.0740. The number of nitrogens with two attached hydrogens (primary N) is 1. The summed E-state index contributed by atoms with van der Waals surface area (Å²) in [4.78, 5) is 18.7. The van der Waals surface area contributed by atoms with E-state index in [0.717, 1.165) is 87.8 Å². The van der Waals surface area contributed by atoms with E-state index in [2.05, 4.69) is 47.6 Å². The highest BCUT2D eigenvalue weighted by Crippen LogP contribution is 2.75. The molecular weight excluding hydrogens is 563 g/mol. The fourth-order valence-corrected chi connectivity index (χ4v) is 12.9. The van der Waals surface area contributed by atoms with Crippen LogP contribution in [0.2, 0.25) is 0 Å². The summed E-state index contributed by atoms with van der Waals surface area (Å²) in [6, 6.07) is 10.7. The van der Waals surface area contributed by atoms with Crippen LogP contribution >= 0.6 is 21.6 Å². The van der Waals surface area contributed by atoms with E-state index in [1.54, 1.807) is 0 Å². The van der Waals surface area contributed by atoms with Gasteiger partial charge in [-0.05, 0) is 92.1 Å². The molecule has 6 rings (SSSR count). The summed E-state index contributed by atoms with van der Waals surface area (Å²) in [6.45, 7) is 3.64. The first-order valence-electron chi connectivity index (χ1n) is 16.2. The number of carbonyl (C=O) groups excluding carboxylic acids is 1. The number of carbonyl (C=O) groups is 1. The number of guanidine groups is 1. The highest BCUT2D eigenvalue weighted by molar-refractivity contribution is 8.76. The molecule has 3 aliphatic carbocycles. The van der Waals surface area contributed by atoms with Crippen LogP contribution < -0.4 is 11.1 Å². The van der Waals surface area contributed by atoms with Gasteiger partial charge in [0.15, 0.2) is 11.7 Å². The molecule has 0 unspecified atom stereocenters. The number of Topliss-reactive ketones (excluding diaryl/α,β-unsaturated/α-hetero) is 1. The molecule has 2 heterocycles. The molecule has 42 heavy (non-hydrogen) atoms. The Balaban J connectivity index is 1.33. The second-order valence-electron chi connectivity index (χ2n) is 13.9. The maximum absolute atomic E-state index is 14.0. The predicted molar refractivity (Wildman–Crippen MR) is 174 cm³/mol. The second-order valence-corrected chi connectivity index (χ2v) is 16.5. The van der Waals surface area contributed by atoms with E-state index < -0.39 is 0 Å². The fraction of sp³-hybridized carbons (Fsp3) is 0.706. The summed E-state index contributed by atoms with van der Waals surface area (Å²) in [5.41, 5.74) is 10.1. The highest BCUT2D eigenvalue weighted by Gasteiger charge is 2.69. The molecular formula is C34H49N3O3S2. The van der Waals surface area contributed by atoms with Gasteiger partial charge in [-0.2, -0.15) is 0 Å². The van der Waals surface area contributed by atoms with Crippen molar-refractivity contribution in [2.75, 3.05) is 31.3 Å². The molecule has 6 nitrogen and oxygen atoms in total. The molecule has 7 atom stereocenters. The number of aliphatic hydroxyl groups is 2. The molecule has 1 aromatic carbocycles. The Bertz CT molecular complexity index is 1210. The molecule has 0 radical (unpaired) electrons. The summed E-state index contributed by atoms with van der Waals surface area (Å²) in [7, 11) is 3.98. The van der Waals surface area contributed by atoms with E-state index in [0.29, 0.717) is 35.9 Å². The zero-order chi connectivity index (χ0) is 29.4. The van der Waals surface area contributed by atoms with Gasteiger partial charge in [-0.1, -0.05) is 70.8 Å². The SMILES string of the molecule is C[C@]12CCSSC[C@@]3(CCCC4=C5C[C@H]1C[C@H](CO)[C@@H](CCCCO)[C@@]52CC4=O)NC(N)=NC[C@@H]3Cc1ccccc1. The number of aliphatic hydroxyl groups excluding tert-OH is 2. The topological polar surface area (TPSA) is 108 Å². The van der Waals surface area contributed by atoms with Crippen LogP contribution in [0, 0.1) is 34.5 Å². The Morgan fingerprint density at radius 1 is 1.14 bits per heavy atom. The first-order valence-corrected chi connectivity index (χ1v) is 18.7. The van der Waals surface area contributed by atoms with Crippen LogP contribution in [0.15, 0.2) is 46.5 Å². The molecule has 5 bridgehead atoms. The lowest BCUT2D eigenvalue weighted by Gasteiger charge is -2.57. The van der Waals surface area contributed by atoms with Crippen molar-refractivity contribution in [1.82, 2.24) is 5.32 Å². The van der Waals surface area contributed by atoms with Gasteiger partial charge in [-0.15, -0.1) is 0 Å². The van der Waals surface area contributed by atoms with Crippen LogP contribution in [0.1, 0.15) is 76.7 Å². The van der Waals surface area contributed by atoms with Crippen molar-refractivity contribution in [1.29, 1.82) is 0 Å². The molecule has 8 heteroatoms. The minimum Gasteiger partial charge on any atom is -0.396 e. The predicted octanol–water partition coefficient (Wildman–Crippen LogP) is 5.53. The van der Waals surface area contributed by atoms with Gasteiger partial charge >= 0.3 is 0 Å². The van der Waals surface area contributed by atoms with Crippen LogP contribution in [0.3, 0.4) is 0 Å². The average molecular weight is 612 g/mol. The van der Waals surface area contributed by atoms with Gasteiger partial charge in [-0.25, -0.2) is 0 Å². The summed E-state index contributed by atoms with van der Waals surface area (Å²) in [5.74, 6) is 4.38. The third-order valence-corrected chi connectivity index (χ3v) is 14.6. The normalized spacial score (nSPS) is 38.5. The maximum atomic E-state index is 14.0. The Morgan fingerprint density at radius 2 is 1.98 bits per heavy atom. The lowest BCUT2D eigenvalue weighted by atomic mass is 9.47. The molecule has 230 valence electrons. The standard InChI is InChI=1S/C34H49N3O3S2/c1-32-13-15-41-42-22-33(26(20-36-31(35)37-33)16-23-8-3-2-4-9-23)12-7-10-27-29-18-25(32)17-24(21-39)28(11-5-6-14-38)34(29,32)19-30(27)40/h2-4,8-9,24-26,28,38-39H,5-7,10-22H2,1H3,(H3,35,36,37)/t24-,25-,26+,28-,32+,33-,34+/m1/s1. The number of hydrogen-bond acceptors (Lipinski definition) is 8. The van der Waals surface area contributed by atoms with Gasteiger partial charge in [0.25, 0.3) is 0 Å². The minimum atomic E-state index is -0.161. The van der Waals surface area contributed by atoms with E-state index in [1.807, 2.05) is 21.6 Å². The number of nitrogens with zero attached hydrogens (tertiary/aromatic N) is 1. The van der Waals surface area contributed by atoms with Gasteiger partial charge in [0, 0.05) is 49.0 Å². The van der Waals surface area contributed by atoms with E-state index in [1.165, 1.54) is 11.1 Å². The Morgan fingerprint density at radius 3 is 2.76 bits per heavy atom. The van der Waals surface area contributed by atoms with E-state index in [-0.39, 0.29) is 35.5 Å². The molecule has 2 fully saturated rings. The van der Waals surface area contributed by atoms with Crippen molar-refractivity contribution >= 4 is 33.3 Å². The Kier molecular flexibility index (Phi) is 9.08. The van der Waals surface area contributed by atoms with Crippen molar-refractivity contribution in [3.8, 4) is 0 Å². The molecule has 1 aromatic rings. The van der Waals surface area contributed by atoms with Gasteiger partial charge in [-0.3, -0.25) is 9.79 Å². The van der Waals surface area contributed by atoms with Crippen molar-refractivity contribution in [3.63, 3.8) is 0 Å². The Labute approximate surface area is 259 Å². The molecule has 0 amide bonds. The number of ketones is 1. The third-order valence-electron chi connectivity index (χ3n) is 12.1. The number of rotatable bonds is 7. The zero-order valence-electron chi connectivity index (χ0n) is 25.2. The van der Waals surface area contributed by atoms with Crippen LogP contribution in [-0.2, 0) is 11.2 Å².